The van der Waals surface area contributed by atoms with Gasteiger partial charge in [0.05, 0.1) is 0 Å². The molecular weight excluding hydrogens is 248 g/mol. The third kappa shape index (κ3) is 2.80. The molecule has 6 heteroatoms. The molecule has 0 aliphatic carbocycles. The van der Waals surface area contributed by atoms with Crippen molar-refractivity contribution in [1.82, 2.24) is 9.97 Å². The van der Waals surface area contributed by atoms with Gasteiger partial charge in [0, 0.05) is 47.5 Å². The van der Waals surface area contributed by atoms with Crippen LogP contribution in [-0.2, 0) is 17.2 Å². The molecule has 0 bridgehead atoms. The topological polar surface area (TPSA) is 58.1 Å². The summed E-state index contributed by atoms with van der Waals surface area (Å²) < 4.78 is 11.4. The molecule has 0 unspecified atom stereocenters. The molecule has 0 saturated carbocycles. The van der Waals surface area contributed by atoms with Gasteiger partial charge in [-0.15, -0.1) is 0 Å². The Labute approximate surface area is 110 Å². The summed E-state index contributed by atoms with van der Waals surface area (Å²) in [6, 6.07) is 0. The van der Waals surface area contributed by atoms with E-state index in [0.717, 1.165) is 54.8 Å². The summed E-state index contributed by atoms with van der Waals surface area (Å²) in [6.07, 6.45) is 2.51. The Kier molecular flexibility index (Phi) is 4.52. The Hall–Kier alpha value is -1.17. The Morgan fingerprint density at radius 3 is 2.67 bits per heavy atom. The fraction of sp³-hybridized carbons (Fsp3) is 0.667. The second kappa shape index (κ2) is 6.13. The molecule has 2 rings (SSSR count). The van der Waals surface area contributed by atoms with Gasteiger partial charge in [-0.25, -0.2) is 9.97 Å². The van der Waals surface area contributed by atoms with Gasteiger partial charge in [0.15, 0.2) is 0 Å². The van der Waals surface area contributed by atoms with Crippen molar-refractivity contribution in [3.63, 3.8) is 0 Å². The number of hydrogen-bond acceptors (Lipinski definition) is 5. The highest BCUT2D eigenvalue weighted by Gasteiger charge is 2.20. The van der Waals surface area contributed by atoms with E-state index in [9.17, 15) is 4.21 Å². The van der Waals surface area contributed by atoms with Gasteiger partial charge in [0.25, 0.3) is 0 Å². The SMILES string of the molecule is CCNc1ncnc(N2CCS(=O)CC2)c1CC. The largest absolute Gasteiger partial charge is 0.370 e. The smallest absolute Gasteiger partial charge is 0.137 e. The van der Waals surface area contributed by atoms with Crippen molar-refractivity contribution in [2.24, 2.45) is 0 Å². The van der Waals surface area contributed by atoms with E-state index >= 15 is 0 Å². The van der Waals surface area contributed by atoms with Crippen molar-refractivity contribution in [2.75, 3.05) is 41.4 Å². The van der Waals surface area contributed by atoms with Crippen LogP contribution in [0.25, 0.3) is 0 Å². The molecule has 1 N–H and O–H groups in total. The predicted molar refractivity (Wildman–Crippen MR) is 75.7 cm³/mol. The molecule has 18 heavy (non-hydrogen) atoms. The van der Waals surface area contributed by atoms with Gasteiger partial charge >= 0.3 is 0 Å². The first kappa shape index (κ1) is 13.3. The molecule has 0 amide bonds. The normalized spacial score (nSPS) is 16.9. The monoisotopic (exact) mass is 268 g/mol. The second-order valence-electron chi connectivity index (χ2n) is 4.24. The van der Waals surface area contributed by atoms with Crippen LogP contribution in [-0.4, -0.2) is 45.3 Å². The zero-order valence-electron chi connectivity index (χ0n) is 11.0. The minimum atomic E-state index is -0.653. The molecule has 1 aliphatic heterocycles. The third-order valence-corrected chi connectivity index (χ3v) is 4.37. The van der Waals surface area contributed by atoms with Gasteiger partial charge < -0.3 is 10.2 Å². The molecular formula is C12H20N4OS. The number of rotatable bonds is 4. The summed E-state index contributed by atoms with van der Waals surface area (Å²) in [5.74, 6) is 3.41. The van der Waals surface area contributed by atoms with Gasteiger partial charge in [0.2, 0.25) is 0 Å². The maximum Gasteiger partial charge on any atom is 0.137 e. The highest BCUT2D eigenvalue weighted by Crippen LogP contribution is 2.24. The minimum absolute atomic E-state index is 0.653. The first-order chi connectivity index (χ1) is 8.76. The van der Waals surface area contributed by atoms with Crippen LogP contribution in [0.4, 0.5) is 11.6 Å². The quantitative estimate of drug-likeness (QED) is 0.884. The van der Waals surface area contributed by atoms with Crippen molar-refractivity contribution in [1.29, 1.82) is 0 Å². The number of aromatic nitrogens is 2. The van der Waals surface area contributed by atoms with Crippen LogP contribution in [0.1, 0.15) is 19.4 Å². The van der Waals surface area contributed by atoms with Gasteiger partial charge in [-0.3, -0.25) is 4.21 Å². The van der Waals surface area contributed by atoms with Crippen LogP contribution < -0.4 is 10.2 Å². The average Bonchev–Trinajstić information content (AvgIpc) is 2.40. The molecule has 0 aromatic carbocycles. The zero-order chi connectivity index (χ0) is 13.0. The highest BCUT2D eigenvalue weighted by molar-refractivity contribution is 7.85. The van der Waals surface area contributed by atoms with E-state index in [2.05, 4.69) is 34.0 Å². The fourth-order valence-corrected chi connectivity index (χ4v) is 3.22. The summed E-state index contributed by atoms with van der Waals surface area (Å²) >= 11 is 0. The van der Waals surface area contributed by atoms with Crippen molar-refractivity contribution in [3.05, 3.63) is 11.9 Å². The lowest BCUT2D eigenvalue weighted by Gasteiger charge is -2.29. The molecule has 1 aliphatic rings. The Balaban J connectivity index is 2.26. The van der Waals surface area contributed by atoms with E-state index in [1.807, 2.05) is 0 Å². The summed E-state index contributed by atoms with van der Waals surface area (Å²) in [5.41, 5.74) is 1.16. The second-order valence-corrected chi connectivity index (χ2v) is 5.94. The summed E-state index contributed by atoms with van der Waals surface area (Å²) in [5, 5.41) is 3.28. The van der Waals surface area contributed by atoms with Crippen molar-refractivity contribution in [3.8, 4) is 0 Å². The van der Waals surface area contributed by atoms with Crippen LogP contribution in [0.5, 0.6) is 0 Å². The van der Waals surface area contributed by atoms with Crippen LogP contribution in [0.2, 0.25) is 0 Å². The Morgan fingerprint density at radius 1 is 1.33 bits per heavy atom. The molecule has 1 aromatic heterocycles. The van der Waals surface area contributed by atoms with Crippen molar-refractivity contribution in [2.45, 2.75) is 20.3 Å². The van der Waals surface area contributed by atoms with Gasteiger partial charge in [-0.1, -0.05) is 6.92 Å². The van der Waals surface area contributed by atoms with E-state index in [1.54, 1.807) is 6.33 Å². The highest BCUT2D eigenvalue weighted by atomic mass is 32.2. The fourth-order valence-electron chi connectivity index (χ4n) is 2.17. The average molecular weight is 268 g/mol. The zero-order valence-corrected chi connectivity index (χ0v) is 11.8. The van der Waals surface area contributed by atoms with E-state index in [-0.39, 0.29) is 0 Å². The molecule has 0 spiro atoms. The van der Waals surface area contributed by atoms with E-state index in [1.165, 1.54) is 0 Å². The molecule has 100 valence electrons. The van der Waals surface area contributed by atoms with Crippen molar-refractivity contribution >= 4 is 22.4 Å². The van der Waals surface area contributed by atoms with Gasteiger partial charge in [-0.2, -0.15) is 0 Å². The lowest BCUT2D eigenvalue weighted by atomic mass is 10.2. The van der Waals surface area contributed by atoms with Crippen LogP contribution in [0.3, 0.4) is 0 Å². The summed E-state index contributed by atoms with van der Waals surface area (Å²) in [7, 11) is -0.653. The molecule has 2 heterocycles. The van der Waals surface area contributed by atoms with E-state index in [4.69, 9.17) is 0 Å². The number of anilines is 2. The lowest BCUT2D eigenvalue weighted by molar-refractivity contribution is 0.672. The third-order valence-electron chi connectivity index (χ3n) is 3.10. The standard InChI is InChI=1S/C12H20N4OS/c1-3-10-11(13-4-2)14-9-15-12(10)16-5-7-18(17)8-6-16/h9H,3-8H2,1-2H3,(H,13,14,15). The van der Waals surface area contributed by atoms with E-state index < -0.39 is 10.8 Å². The molecule has 5 nitrogen and oxygen atoms in total. The van der Waals surface area contributed by atoms with E-state index in [0.29, 0.717) is 0 Å². The molecule has 1 saturated heterocycles. The number of nitrogens with zero attached hydrogens (tertiary/aromatic N) is 3. The summed E-state index contributed by atoms with van der Waals surface area (Å²) in [4.78, 5) is 10.9. The maximum atomic E-state index is 11.4. The first-order valence-corrected chi connectivity index (χ1v) is 7.92. The summed E-state index contributed by atoms with van der Waals surface area (Å²) in [6.45, 7) is 6.67. The Bertz CT molecular complexity index is 428. The predicted octanol–water partition coefficient (Wildman–Crippen LogP) is 1.04. The maximum absolute atomic E-state index is 11.4. The lowest BCUT2D eigenvalue weighted by Crippen LogP contribution is -2.39. The van der Waals surface area contributed by atoms with Gasteiger partial charge in [-0.05, 0) is 13.3 Å². The van der Waals surface area contributed by atoms with Crippen LogP contribution in [0, 0.1) is 0 Å². The minimum Gasteiger partial charge on any atom is -0.370 e. The van der Waals surface area contributed by atoms with Crippen LogP contribution in [0.15, 0.2) is 6.33 Å². The molecule has 1 aromatic rings. The molecule has 1 fully saturated rings. The first-order valence-electron chi connectivity index (χ1n) is 6.44. The Morgan fingerprint density at radius 2 is 2.06 bits per heavy atom. The van der Waals surface area contributed by atoms with Crippen molar-refractivity contribution < 1.29 is 4.21 Å². The molecule has 0 atom stereocenters. The molecule has 0 radical (unpaired) electrons. The number of nitrogens with one attached hydrogen (secondary N) is 1. The number of hydrogen-bond donors (Lipinski definition) is 1. The van der Waals surface area contributed by atoms with Gasteiger partial charge in [0.1, 0.15) is 18.0 Å². The van der Waals surface area contributed by atoms with Crippen LogP contribution >= 0.6 is 0 Å².